The maximum Gasteiger partial charge on any atom is 0.416 e. The fourth-order valence-corrected chi connectivity index (χ4v) is 6.59. The lowest BCUT2D eigenvalue weighted by atomic mass is 9.81. The highest BCUT2D eigenvalue weighted by atomic mass is 19.4. The van der Waals surface area contributed by atoms with Gasteiger partial charge in [0.25, 0.3) is 5.91 Å². The van der Waals surface area contributed by atoms with Crippen LogP contribution in [0.25, 0.3) is 22.3 Å². The summed E-state index contributed by atoms with van der Waals surface area (Å²) in [7, 11) is 0. The lowest BCUT2D eigenvalue weighted by molar-refractivity contribution is -0.137. The number of primary amides is 1. The molecule has 0 aromatic heterocycles. The van der Waals surface area contributed by atoms with Crippen LogP contribution >= 0.6 is 0 Å². The van der Waals surface area contributed by atoms with Gasteiger partial charge in [-0.05, 0) is 70.8 Å². The quantitative estimate of drug-likeness (QED) is 0.170. The van der Waals surface area contributed by atoms with Gasteiger partial charge in [0.05, 0.1) is 17.8 Å². The second-order valence-corrected chi connectivity index (χ2v) is 12.8. The van der Waals surface area contributed by atoms with Crippen molar-refractivity contribution in [2.75, 3.05) is 4.90 Å². The number of amides is 3. The van der Waals surface area contributed by atoms with Gasteiger partial charge in [-0.1, -0.05) is 100.0 Å². The van der Waals surface area contributed by atoms with Crippen molar-refractivity contribution in [1.29, 1.82) is 0 Å². The largest absolute Gasteiger partial charge is 0.416 e. The summed E-state index contributed by atoms with van der Waals surface area (Å²) < 4.78 is 39.5. The molecule has 1 unspecified atom stereocenters. The number of carbonyl (C=O) groups excluding carboxylic acids is 3. The molecule has 6 nitrogen and oxygen atoms in total. The molecule has 1 aliphatic rings. The van der Waals surface area contributed by atoms with Crippen LogP contribution in [-0.4, -0.2) is 17.7 Å². The number of hydrogen-bond acceptors (Lipinski definition) is 3. The van der Waals surface area contributed by atoms with Crippen molar-refractivity contribution in [3.8, 4) is 22.3 Å². The molecule has 0 saturated heterocycles. The first-order valence-electron chi connectivity index (χ1n) is 16.2. The van der Waals surface area contributed by atoms with Crippen molar-refractivity contribution < 1.29 is 27.6 Å². The smallest absolute Gasteiger partial charge is 0.369 e. The molecule has 9 heteroatoms. The summed E-state index contributed by atoms with van der Waals surface area (Å²) in [6, 6.07) is 26.2. The van der Waals surface area contributed by atoms with Gasteiger partial charge in [0.15, 0.2) is 0 Å². The van der Waals surface area contributed by atoms with Gasteiger partial charge in [-0.3, -0.25) is 14.4 Å². The monoisotopic (exact) mass is 655 g/mol. The molecule has 0 fully saturated rings. The van der Waals surface area contributed by atoms with Crippen LogP contribution in [0, 0.1) is 17.8 Å². The number of carbonyl (C=O) groups is 3. The maximum atomic E-state index is 14.7. The molecule has 1 aliphatic heterocycles. The Labute approximate surface area is 279 Å². The second kappa shape index (κ2) is 14.5. The topological polar surface area (TPSA) is 92.5 Å². The van der Waals surface area contributed by atoms with Crippen molar-refractivity contribution in [3.63, 3.8) is 0 Å². The molecular weight excluding hydrogens is 615 g/mol. The summed E-state index contributed by atoms with van der Waals surface area (Å²) in [5.74, 6) is -2.56. The van der Waals surface area contributed by atoms with Gasteiger partial charge < -0.3 is 16.0 Å². The van der Waals surface area contributed by atoms with Crippen molar-refractivity contribution in [2.24, 2.45) is 23.5 Å². The molecule has 3 N–H and O–H groups in total. The fourth-order valence-electron chi connectivity index (χ4n) is 6.59. The molecule has 0 bridgehead atoms. The Balaban J connectivity index is 1.53. The number of halogens is 3. The molecule has 48 heavy (non-hydrogen) atoms. The molecule has 0 saturated carbocycles. The Hall–Kier alpha value is -4.92. The molecule has 3 amide bonds. The number of anilines is 1. The molecule has 3 atom stereocenters. The number of benzene rings is 4. The van der Waals surface area contributed by atoms with E-state index in [-0.39, 0.29) is 18.4 Å². The molecule has 1 heterocycles. The first-order chi connectivity index (χ1) is 22.9. The Morgan fingerprint density at radius 1 is 0.854 bits per heavy atom. The summed E-state index contributed by atoms with van der Waals surface area (Å²) in [6.45, 7) is 6.04. The van der Waals surface area contributed by atoms with Gasteiger partial charge in [0.1, 0.15) is 6.04 Å². The average molecular weight is 656 g/mol. The van der Waals surface area contributed by atoms with E-state index in [1.807, 2.05) is 87.5 Å². The third-order valence-electron chi connectivity index (χ3n) is 8.88. The predicted molar refractivity (Wildman–Crippen MR) is 181 cm³/mol. The SMILES string of the molecule is CCC[C@H](C(N)=O)[C@@H](CC(C)C)C(=O)NC1C(=O)N(Cc2cccc(-c3ccc(C(F)(F)F)cc3)c2)c2ccccc2-c2ccccc21. The zero-order valence-corrected chi connectivity index (χ0v) is 27.3. The normalized spacial score (nSPS) is 15.7. The predicted octanol–water partition coefficient (Wildman–Crippen LogP) is 8.31. The zero-order valence-electron chi connectivity index (χ0n) is 27.3. The second-order valence-electron chi connectivity index (χ2n) is 12.8. The Bertz CT molecular complexity index is 1790. The van der Waals surface area contributed by atoms with E-state index in [1.54, 1.807) is 11.0 Å². The zero-order chi connectivity index (χ0) is 34.6. The molecule has 4 aromatic carbocycles. The van der Waals surface area contributed by atoms with Gasteiger partial charge in [0.2, 0.25) is 11.8 Å². The van der Waals surface area contributed by atoms with Crippen LogP contribution in [0.1, 0.15) is 62.8 Å². The summed E-state index contributed by atoms with van der Waals surface area (Å²) in [5, 5.41) is 3.04. The summed E-state index contributed by atoms with van der Waals surface area (Å²) >= 11 is 0. The number of nitrogens with zero attached hydrogens (tertiary/aromatic N) is 1. The highest BCUT2D eigenvalue weighted by molar-refractivity contribution is 6.06. The molecule has 250 valence electrons. The van der Waals surface area contributed by atoms with Gasteiger partial charge in [-0.25, -0.2) is 0 Å². The van der Waals surface area contributed by atoms with Gasteiger partial charge in [-0.2, -0.15) is 13.2 Å². The first-order valence-corrected chi connectivity index (χ1v) is 16.2. The Morgan fingerprint density at radius 2 is 1.52 bits per heavy atom. The average Bonchev–Trinajstić information content (AvgIpc) is 3.15. The molecular formula is C39H40F3N3O3. The lowest BCUT2D eigenvalue weighted by Gasteiger charge is -2.30. The molecule has 0 radical (unpaired) electrons. The van der Waals surface area contributed by atoms with Crippen LogP contribution in [0.4, 0.5) is 18.9 Å². The van der Waals surface area contributed by atoms with E-state index in [0.717, 1.165) is 28.8 Å². The number of rotatable bonds is 11. The van der Waals surface area contributed by atoms with E-state index in [9.17, 15) is 27.6 Å². The van der Waals surface area contributed by atoms with Crippen molar-refractivity contribution in [1.82, 2.24) is 5.32 Å². The fraction of sp³-hybridized carbons (Fsp3) is 0.308. The molecule has 4 aromatic rings. The number of hydrogen-bond donors (Lipinski definition) is 2. The number of alkyl halides is 3. The summed E-state index contributed by atoms with van der Waals surface area (Å²) in [5.41, 5.74) is 10.0. The third kappa shape index (κ3) is 7.46. The Morgan fingerprint density at radius 3 is 2.17 bits per heavy atom. The number of para-hydroxylation sites is 1. The van der Waals surface area contributed by atoms with Crippen LogP contribution in [0.5, 0.6) is 0 Å². The third-order valence-corrected chi connectivity index (χ3v) is 8.88. The van der Waals surface area contributed by atoms with E-state index in [0.29, 0.717) is 41.6 Å². The van der Waals surface area contributed by atoms with Gasteiger partial charge in [0, 0.05) is 17.4 Å². The van der Waals surface area contributed by atoms with Gasteiger partial charge in [-0.15, -0.1) is 0 Å². The van der Waals surface area contributed by atoms with E-state index in [4.69, 9.17) is 5.73 Å². The van der Waals surface area contributed by atoms with Crippen molar-refractivity contribution in [2.45, 2.75) is 58.8 Å². The standard InChI is InChI=1S/C39H40F3N3O3/c1-4-10-32(36(43)46)33(21-24(2)3)37(47)44-35-31-15-6-5-13-29(31)30-14-7-8-16-34(30)45(38(35)48)23-25-11-9-12-27(22-25)26-17-19-28(20-18-26)39(40,41)42/h5-9,11-20,22,24,32-33,35H,4,10,21,23H2,1-3H3,(H2,43,46)(H,44,47)/t32-,33+,35?/m0/s1. The first kappa shape index (κ1) is 34.4. The molecule has 5 rings (SSSR count). The van der Waals surface area contributed by atoms with Crippen LogP contribution in [-0.2, 0) is 27.1 Å². The maximum absolute atomic E-state index is 14.7. The minimum atomic E-state index is -4.43. The summed E-state index contributed by atoms with van der Waals surface area (Å²) in [6.07, 6.45) is -2.86. The number of fused-ring (bicyclic) bond motifs is 3. The van der Waals surface area contributed by atoms with Crippen LogP contribution in [0.3, 0.4) is 0 Å². The van der Waals surface area contributed by atoms with E-state index in [1.165, 1.54) is 12.1 Å². The van der Waals surface area contributed by atoms with Gasteiger partial charge >= 0.3 is 6.18 Å². The van der Waals surface area contributed by atoms with Crippen molar-refractivity contribution in [3.05, 3.63) is 114 Å². The highest BCUT2D eigenvalue weighted by Crippen LogP contribution is 2.41. The van der Waals surface area contributed by atoms with E-state index >= 15 is 0 Å². The van der Waals surface area contributed by atoms with Crippen LogP contribution in [0.15, 0.2) is 97.1 Å². The van der Waals surface area contributed by atoms with Crippen LogP contribution in [0.2, 0.25) is 0 Å². The minimum absolute atomic E-state index is 0.106. The van der Waals surface area contributed by atoms with E-state index < -0.39 is 41.4 Å². The highest BCUT2D eigenvalue weighted by Gasteiger charge is 2.39. The Kier molecular flexibility index (Phi) is 10.4. The molecule has 0 aliphatic carbocycles. The number of nitrogens with one attached hydrogen (secondary N) is 1. The van der Waals surface area contributed by atoms with Crippen LogP contribution < -0.4 is 16.0 Å². The number of nitrogens with two attached hydrogens (primary N) is 1. The molecule has 0 spiro atoms. The minimum Gasteiger partial charge on any atom is -0.369 e. The lowest BCUT2D eigenvalue weighted by Crippen LogP contribution is -2.47. The summed E-state index contributed by atoms with van der Waals surface area (Å²) in [4.78, 5) is 43.0. The van der Waals surface area contributed by atoms with Crippen molar-refractivity contribution >= 4 is 23.4 Å². The van der Waals surface area contributed by atoms with E-state index in [2.05, 4.69) is 5.32 Å².